The summed E-state index contributed by atoms with van der Waals surface area (Å²) >= 11 is 7.63. The largest absolute Gasteiger partial charge is 0.377 e. The van der Waals surface area contributed by atoms with Crippen molar-refractivity contribution in [3.8, 4) is 5.75 Å². The molecule has 1 aromatic heterocycles. The van der Waals surface area contributed by atoms with E-state index in [1.54, 1.807) is 47.7 Å². The molecule has 0 spiro atoms. The van der Waals surface area contributed by atoms with E-state index in [4.69, 9.17) is 21.5 Å². The number of nitrogens with zero attached hydrogens (tertiary/aromatic N) is 1. The lowest BCUT2D eigenvalue weighted by molar-refractivity contribution is -0.119. The summed E-state index contributed by atoms with van der Waals surface area (Å²) in [5.41, 5.74) is 6.50. The Bertz CT molecular complexity index is 1100. The van der Waals surface area contributed by atoms with Crippen LogP contribution < -0.4 is 9.92 Å². The molecule has 0 atom stereocenters. The number of carbonyl (C=O) groups excluding carboxylic acids is 1. The zero-order chi connectivity index (χ0) is 21.6. The van der Waals surface area contributed by atoms with E-state index in [-0.39, 0.29) is 21.6 Å². The van der Waals surface area contributed by atoms with Gasteiger partial charge in [-0.3, -0.25) is 9.69 Å². The molecule has 0 fully saturated rings. The fourth-order valence-electron chi connectivity index (χ4n) is 2.93. The van der Waals surface area contributed by atoms with E-state index in [9.17, 15) is 13.2 Å². The summed E-state index contributed by atoms with van der Waals surface area (Å²) in [6.45, 7) is 2.22. The predicted octanol–water partition coefficient (Wildman–Crippen LogP) is 3.70. The van der Waals surface area contributed by atoms with Crippen LogP contribution in [0, 0.1) is 0 Å². The van der Waals surface area contributed by atoms with E-state index < -0.39 is 10.1 Å². The number of para-hydroxylation sites is 1. The second-order valence-corrected chi connectivity index (χ2v) is 9.53. The number of amides is 1. The number of rotatable bonds is 5. The maximum Gasteiger partial charge on any atom is 0.339 e. The lowest BCUT2D eigenvalue weighted by Gasteiger charge is -2.25. The van der Waals surface area contributed by atoms with Crippen molar-refractivity contribution in [2.75, 3.05) is 13.1 Å². The molecule has 2 N–H and O–H groups in total. The van der Waals surface area contributed by atoms with Crippen molar-refractivity contribution in [1.29, 1.82) is 0 Å². The zero-order valence-electron chi connectivity index (χ0n) is 16.0. The highest BCUT2D eigenvalue weighted by Gasteiger charge is 2.18. The SMILES string of the molecule is NC(=O)CN1CCc2sccc2C1.O=S(=O)(Oc1ccccc1Cl)c1ccccc1. The van der Waals surface area contributed by atoms with E-state index in [0.29, 0.717) is 6.54 Å². The number of nitrogens with two attached hydrogens (primary N) is 1. The normalized spacial score (nSPS) is 13.6. The molecule has 3 aromatic rings. The monoisotopic (exact) mass is 464 g/mol. The molecule has 1 amide bonds. The molecule has 2 heterocycles. The molecule has 30 heavy (non-hydrogen) atoms. The number of hydrogen-bond acceptors (Lipinski definition) is 6. The molecule has 9 heteroatoms. The number of carbonyl (C=O) groups is 1. The minimum atomic E-state index is -3.82. The third-order valence-electron chi connectivity index (χ3n) is 4.33. The lowest BCUT2D eigenvalue weighted by Crippen LogP contribution is -2.36. The molecular weight excluding hydrogens is 444 g/mol. The summed E-state index contributed by atoms with van der Waals surface area (Å²) in [5.74, 6) is -0.114. The van der Waals surface area contributed by atoms with Crippen LogP contribution in [0.1, 0.15) is 10.4 Å². The van der Waals surface area contributed by atoms with E-state index in [0.717, 1.165) is 19.5 Å². The summed E-state index contributed by atoms with van der Waals surface area (Å²) in [6, 6.07) is 16.5. The summed E-state index contributed by atoms with van der Waals surface area (Å²) in [5, 5.41) is 2.37. The van der Waals surface area contributed by atoms with Crippen LogP contribution in [0.4, 0.5) is 0 Å². The molecule has 0 saturated carbocycles. The minimum Gasteiger partial charge on any atom is -0.377 e. The lowest BCUT2D eigenvalue weighted by atomic mass is 10.1. The van der Waals surface area contributed by atoms with Crippen LogP contribution in [-0.2, 0) is 27.9 Å². The first kappa shape index (κ1) is 22.3. The van der Waals surface area contributed by atoms with E-state index in [2.05, 4.69) is 16.3 Å². The first-order chi connectivity index (χ1) is 14.3. The molecule has 1 aliphatic rings. The maximum atomic E-state index is 11.9. The van der Waals surface area contributed by atoms with Gasteiger partial charge in [0.2, 0.25) is 5.91 Å². The van der Waals surface area contributed by atoms with Crippen molar-refractivity contribution in [1.82, 2.24) is 4.90 Å². The van der Waals surface area contributed by atoms with Crippen LogP contribution in [0.25, 0.3) is 0 Å². The quantitative estimate of drug-likeness (QED) is 0.581. The summed E-state index contributed by atoms with van der Waals surface area (Å²) in [4.78, 5) is 14.4. The first-order valence-electron chi connectivity index (χ1n) is 9.15. The Labute approximate surface area is 185 Å². The molecule has 0 radical (unpaired) electrons. The van der Waals surface area contributed by atoms with Crippen LogP contribution in [0.2, 0.25) is 5.02 Å². The van der Waals surface area contributed by atoms with Gasteiger partial charge in [-0.1, -0.05) is 41.9 Å². The summed E-state index contributed by atoms with van der Waals surface area (Å²) < 4.78 is 28.7. The van der Waals surface area contributed by atoms with Crippen molar-refractivity contribution in [3.05, 3.63) is 81.5 Å². The van der Waals surface area contributed by atoms with Gasteiger partial charge in [-0.25, -0.2) is 0 Å². The molecule has 1 aliphatic heterocycles. The third-order valence-corrected chi connectivity index (χ3v) is 6.92. The highest BCUT2D eigenvalue weighted by Crippen LogP contribution is 2.26. The standard InChI is InChI=1S/C12H9ClO3S.C9H12N2OS/c13-11-8-4-5-9-12(11)16-17(14,15)10-6-2-1-3-7-10;10-9(12)6-11-3-1-8-7(5-11)2-4-13-8/h1-9H;2,4H,1,3,5-6H2,(H2,10,12). The number of fused-ring (bicyclic) bond motifs is 1. The van der Waals surface area contributed by atoms with Gasteiger partial charge in [0.05, 0.1) is 11.6 Å². The van der Waals surface area contributed by atoms with Crippen LogP contribution >= 0.6 is 22.9 Å². The Morgan fingerprint density at radius 3 is 2.50 bits per heavy atom. The van der Waals surface area contributed by atoms with E-state index >= 15 is 0 Å². The topological polar surface area (TPSA) is 89.7 Å². The molecule has 0 bridgehead atoms. The number of benzene rings is 2. The number of halogens is 1. The first-order valence-corrected chi connectivity index (χ1v) is 11.8. The van der Waals surface area contributed by atoms with Gasteiger partial charge in [0.25, 0.3) is 0 Å². The Morgan fingerprint density at radius 1 is 1.10 bits per heavy atom. The summed E-state index contributed by atoms with van der Waals surface area (Å²) in [6.07, 6.45) is 1.06. The van der Waals surface area contributed by atoms with Gasteiger partial charge < -0.3 is 9.92 Å². The van der Waals surface area contributed by atoms with Crippen molar-refractivity contribution < 1.29 is 17.4 Å². The maximum absolute atomic E-state index is 11.9. The van der Waals surface area contributed by atoms with Crippen LogP contribution in [0.15, 0.2) is 70.9 Å². The molecule has 0 saturated heterocycles. The Kier molecular flexibility index (Phi) is 7.49. The van der Waals surface area contributed by atoms with Crippen LogP contribution in [0.3, 0.4) is 0 Å². The Hall–Kier alpha value is -2.39. The molecule has 4 rings (SSSR count). The van der Waals surface area contributed by atoms with E-state index in [1.807, 2.05) is 0 Å². The summed E-state index contributed by atoms with van der Waals surface area (Å²) in [7, 11) is -3.82. The van der Waals surface area contributed by atoms with Gasteiger partial charge >= 0.3 is 10.1 Å². The van der Waals surface area contributed by atoms with Gasteiger partial charge in [-0.05, 0) is 47.7 Å². The Balaban J connectivity index is 0.000000177. The van der Waals surface area contributed by atoms with Crippen molar-refractivity contribution in [2.24, 2.45) is 5.73 Å². The van der Waals surface area contributed by atoms with Gasteiger partial charge in [-0.15, -0.1) is 11.3 Å². The highest BCUT2D eigenvalue weighted by atomic mass is 35.5. The smallest absolute Gasteiger partial charge is 0.339 e. The van der Waals surface area contributed by atoms with Gasteiger partial charge in [0.15, 0.2) is 5.75 Å². The zero-order valence-corrected chi connectivity index (χ0v) is 18.4. The minimum absolute atomic E-state index is 0.0971. The second-order valence-electron chi connectivity index (χ2n) is 6.58. The highest BCUT2D eigenvalue weighted by molar-refractivity contribution is 7.87. The molecule has 6 nitrogen and oxygen atoms in total. The van der Waals surface area contributed by atoms with Crippen molar-refractivity contribution in [3.63, 3.8) is 0 Å². The third kappa shape index (κ3) is 6.06. The molecule has 158 valence electrons. The predicted molar refractivity (Wildman–Crippen MR) is 118 cm³/mol. The van der Waals surface area contributed by atoms with Crippen LogP contribution in [-0.4, -0.2) is 32.3 Å². The number of hydrogen-bond donors (Lipinski definition) is 1. The molecular formula is C21H21ClN2O4S2. The average molecular weight is 465 g/mol. The van der Waals surface area contributed by atoms with Crippen LogP contribution in [0.5, 0.6) is 5.75 Å². The number of thiophene rings is 1. The van der Waals surface area contributed by atoms with Crippen molar-refractivity contribution in [2.45, 2.75) is 17.9 Å². The average Bonchev–Trinajstić information content (AvgIpc) is 3.18. The molecule has 0 aliphatic carbocycles. The van der Waals surface area contributed by atoms with E-state index in [1.165, 1.54) is 28.6 Å². The Morgan fingerprint density at radius 2 is 1.80 bits per heavy atom. The van der Waals surface area contributed by atoms with Gasteiger partial charge in [-0.2, -0.15) is 8.42 Å². The van der Waals surface area contributed by atoms with Gasteiger partial charge in [0, 0.05) is 18.0 Å². The molecule has 0 unspecified atom stereocenters. The van der Waals surface area contributed by atoms with Crippen molar-refractivity contribution >= 4 is 39.0 Å². The fourth-order valence-corrected chi connectivity index (χ4v) is 5.01. The van der Waals surface area contributed by atoms with Gasteiger partial charge in [0.1, 0.15) is 4.90 Å². The molecule has 2 aromatic carbocycles. The number of primary amides is 1. The second kappa shape index (κ2) is 10.1. The fraction of sp³-hybridized carbons (Fsp3) is 0.190.